The molecule has 1 amide bonds. The third kappa shape index (κ3) is 5.97. The number of rotatable bonds is 10. The molecule has 0 aromatic heterocycles. The molecule has 0 bridgehead atoms. The van der Waals surface area contributed by atoms with Gasteiger partial charge in [0.25, 0.3) is 15.9 Å². The van der Waals surface area contributed by atoms with Crippen LogP contribution in [0.4, 0.5) is 11.4 Å². The molecule has 6 nitrogen and oxygen atoms in total. The average Bonchev–Trinajstić information content (AvgIpc) is 2.83. The van der Waals surface area contributed by atoms with Gasteiger partial charge in [-0.05, 0) is 73.8 Å². The molecule has 0 fully saturated rings. The second kappa shape index (κ2) is 11.1. The average molecular weight is 483 g/mol. The zero-order chi connectivity index (χ0) is 23.8. The molecule has 0 saturated heterocycles. The first-order chi connectivity index (χ1) is 15.9. The zero-order valence-corrected chi connectivity index (χ0v) is 20.2. The van der Waals surface area contributed by atoms with Gasteiger partial charge in [-0.25, -0.2) is 8.42 Å². The molecule has 0 unspecified atom stereocenters. The Balaban J connectivity index is 1.76. The molecule has 33 heavy (non-hydrogen) atoms. The SMILES string of the molecule is C=CCOc1cccc(NC(=O)c2ccc(N(CC)S(=O)(=O)c3ccc(SC)cc3)cc2)c1. The highest BCUT2D eigenvalue weighted by Gasteiger charge is 2.23. The summed E-state index contributed by atoms with van der Waals surface area (Å²) in [7, 11) is -3.72. The third-order valence-corrected chi connectivity index (χ3v) is 7.47. The number of benzene rings is 3. The molecule has 0 saturated carbocycles. The van der Waals surface area contributed by atoms with E-state index in [4.69, 9.17) is 4.74 Å². The molecule has 0 aliphatic carbocycles. The van der Waals surface area contributed by atoms with Crippen LogP contribution in [0.5, 0.6) is 5.75 Å². The molecule has 3 aromatic carbocycles. The second-order valence-electron chi connectivity index (χ2n) is 6.97. The van der Waals surface area contributed by atoms with Gasteiger partial charge in [-0.3, -0.25) is 9.10 Å². The van der Waals surface area contributed by atoms with Crippen molar-refractivity contribution in [2.45, 2.75) is 16.7 Å². The largest absolute Gasteiger partial charge is 0.489 e. The number of carbonyl (C=O) groups is 1. The minimum Gasteiger partial charge on any atom is -0.489 e. The quantitative estimate of drug-likeness (QED) is 0.308. The van der Waals surface area contributed by atoms with E-state index in [0.717, 1.165) is 4.90 Å². The summed E-state index contributed by atoms with van der Waals surface area (Å²) >= 11 is 1.55. The highest BCUT2D eigenvalue weighted by Crippen LogP contribution is 2.26. The summed E-state index contributed by atoms with van der Waals surface area (Å²) in [4.78, 5) is 13.9. The fourth-order valence-electron chi connectivity index (χ4n) is 3.17. The van der Waals surface area contributed by atoms with E-state index in [9.17, 15) is 13.2 Å². The van der Waals surface area contributed by atoms with Crippen molar-refractivity contribution >= 4 is 39.1 Å². The Labute approximate surface area is 199 Å². The van der Waals surface area contributed by atoms with Crippen molar-refractivity contribution in [2.75, 3.05) is 29.0 Å². The monoisotopic (exact) mass is 482 g/mol. The van der Waals surface area contributed by atoms with Crippen LogP contribution in [0.1, 0.15) is 17.3 Å². The summed E-state index contributed by atoms with van der Waals surface area (Å²) in [6.45, 7) is 6.02. The maximum Gasteiger partial charge on any atom is 0.264 e. The van der Waals surface area contributed by atoms with Crippen LogP contribution in [0.3, 0.4) is 0 Å². The Morgan fingerprint density at radius 1 is 1.09 bits per heavy atom. The second-order valence-corrected chi connectivity index (χ2v) is 9.72. The van der Waals surface area contributed by atoms with E-state index in [1.165, 1.54) is 4.31 Å². The topological polar surface area (TPSA) is 75.7 Å². The molecule has 0 radical (unpaired) electrons. The number of sulfonamides is 1. The van der Waals surface area contributed by atoms with Gasteiger partial charge in [-0.1, -0.05) is 18.7 Å². The van der Waals surface area contributed by atoms with Crippen LogP contribution in [0, 0.1) is 0 Å². The first-order valence-electron chi connectivity index (χ1n) is 10.3. The third-order valence-electron chi connectivity index (χ3n) is 4.81. The van der Waals surface area contributed by atoms with E-state index in [1.807, 2.05) is 6.26 Å². The van der Waals surface area contributed by atoms with E-state index in [1.54, 1.807) is 97.6 Å². The Hall–Kier alpha value is -3.23. The van der Waals surface area contributed by atoms with Gasteiger partial charge in [0.2, 0.25) is 0 Å². The minimum absolute atomic E-state index is 0.225. The number of carbonyl (C=O) groups excluding carboxylic acids is 1. The van der Waals surface area contributed by atoms with Crippen LogP contribution in [-0.4, -0.2) is 33.7 Å². The lowest BCUT2D eigenvalue weighted by atomic mass is 10.2. The van der Waals surface area contributed by atoms with Gasteiger partial charge in [0.05, 0.1) is 10.6 Å². The first-order valence-corrected chi connectivity index (χ1v) is 13.0. The lowest BCUT2D eigenvalue weighted by Crippen LogP contribution is -2.30. The van der Waals surface area contributed by atoms with Crippen molar-refractivity contribution in [3.8, 4) is 5.75 Å². The molecule has 172 valence electrons. The highest BCUT2D eigenvalue weighted by atomic mass is 32.2. The van der Waals surface area contributed by atoms with Gasteiger partial charge in [-0.15, -0.1) is 11.8 Å². The summed E-state index contributed by atoms with van der Waals surface area (Å²) in [6, 6.07) is 20.4. The number of nitrogens with one attached hydrogen (secondary N) is 1. The molecular weight excluding hydrogens is 456 g/mol. The molecule has 1 N–H and O–H groups in total. The van der Waals surface area contributed by atoms with Crippen molar-refractivity contribution in [3.05, 3.63) is 91.0 Å². The normalized spacial score (nSPS) is 11.0. The minimum atomic E-state index is -3.72. The number of hydrogen-bond acceptors (Lipinski definition) is 5. The Bertz CT molecular complexity index is 1210. The van der Waals surface area contributed by atoms with E-state index in [0.29, 0.717) is 29.3 Å². The van der Waals surface area contributed by atoms with Gasteiger partial charge >= 0.3 is 0 Å². The fraction of sp³-hybridized carbons (Fsp3) is 0.160. The van der Waals surface area contributed by atoms with Crippen LogP contribution < -0.4 is 14.4 Å². The highest BCUT2D eigenvalue weighted by molar-refractivity contribution is 7.98. The fourth-order valence-corrected chi connectivity index (χ4v) is 5.05. The maximum absolute atomic E-state index is 13.2. The lowest BCUT2D eigenvalue weighted by molar-refractivity contribution is 0.102. The van der Waals surface area contributed by atoms with E-state index in [2.05, 4.69) is 11.9 Å². The van der Waals surface area contributed by atoms with Crippen molar-refractivity contribution in [2.24, 2.45) is 0 Å². The van der Waals surface area contributed by atoms with Crippen LogP contribution in [0.2, 0.25) is 0 Å². The lowest BCUT2D eigenvalue weighted by Gasteiger charge is -2.23. The number of anilines is 2. The first kappa shape index (κ1) is 24.4. The van der Waals surface area contributed by atoms with Crippen LogP contribution >= 0.6 is 11.8 Å². The van der Waals surface area contributed by atoms with Crippen LogP contribution in [0.15, 0.2) is 95.2 Å². The molecule has 3 aromatic rings. The molecular formula is C25H26N2O4S2. The van der Waals surface area contributed by atoms with Crippen LogP contribution in [-0.2, 0) is 10.0 Å². The number of nitrogens with zero attached hydrogens (tertiary/aromatic N) is 1. The summed E-state index contributed by atoms with van der Waals surface area (Å²) in [5.74, 6) is 0.318. The van der Waals surface area contributed by atoms with E-state index in [-0.39, 0.29) is 17.3 Å². The smallest absolute Gasteiger partial charge is 0.264 e. The predicted octanol–water partition coefficient (Wildman–Crippen LogP) is 5.44. The molecule has 3 rings (SSSR count). The molecule has 0 aliphatic rings. The van der Waals surface area contributed by atoms with Gasteiger partial charge in [0.15, 0.2) is 0 Å². The zero-order valence-electron chi connectivity index (χ0n) is 18.5. The van der Waals surface area contributed by atoms with Gasteiger partial charge in [0, 0.05) is 28.8 Å². The van der Waals surface area contributed by atoms with Crippen molar-refractivity contribution < 1.29 is 17.9 Å². The molecule has 0 atom stereocenters. The summed E-state index contributed by atoms with van der Waals surface area (Å²) < 4.78 is 33.1. The predicted molar refractivity (Wildman–Crippen MR) is 135 cm³/mol. The number of hydrogen-bond donors (Lipinski definition) is 1. The number of ether oxygens (including phenoxy) is 1. The summed E-state index contributed by atoms with van der Waals surface area (Å²) in [5, 5.41) is 2.83. The van der Waals surface area contributed by atoms with Crippen molar-refractivity contribution in [3.63, 3.8) is 0 Å². The van der Waals surface area contributed by atoms with Crippen molar-refractivity contribution in [1.82, 2.24) is 0 Å². The summed E-state index contributed by atoms with van der Waals surface area (Å²) in [5.41, 5.74) is 1.49. The Kier molecular flexibility index (Phi) is 8.19. The molecule has 0 aliphatic heterocycles. The molecule has 8 heteroatoms. The maximum atomic E-state index is 13.2. The number of thioether (sulfide) groups is 1. The van der Waals surface area contributed by atoms with E-state index < -0.39 is 10.0 Å². The number of amides is 1. The van der Waals surface area contributed by atoms with Crippen LogP contribution in [0.25, 0.3) is 0 Å². The van der Waals surface area contributed by atoms with E-state index >= 15 is 0 Å². The van der Waals surface area contributed by atoms with Gasteiger partial charge in [-0.2, -0.15) is 0 Å². The Morgan fingerprint density at radius 2 is 1.79 bits per heavy atom. The molecule has 0 spiro atoms. The molecule has 0 heterocycles. The van der Waals surface area contributed by atoms with Gasteiger partial charge < -0.3 is 10.1 Å². The van der Waals surface area contributed by atoms with Crippen molar-refractivity contribution in [1.29, 1.82) is 0 Å². The summed E-state index contributed by atoms with van der Waals surface area (Å²) in [6.07, 6.45) is 3.58. The van der Waals surface area contributed by atoms with Gasteiger partial charge in [0.1, 0.15) is 12.4 Å². The standard InChI is InChI=1S/C25H26N2O4S2/c1-4-17-31-22-8-6-7-20(18-22)26-25(28)19-9-11-21(12-10-19)27(5-2)33(29,30)24-15-13-23(32-3)14-16-24/h4,6-16,18H,1,5,17H2,2-3H3,(H,26,28). The Morgan fingerprint density at radius 3 is 2.39 bits per heavy atom.